The van der Waals surface area contributed by atoms with E-state index in [9.17, 15) is 0 Å². The molecule has 102 valence electrons. The fourth-order valence-electron chi connectivity index (χ4n) is 2.09. The van der Waals surface area contributed by atoms with Crippen LogP contribution in [0.25, 0.3) is 0 Å². The molecule has 0 aliphatic rings. The summed E-state index contributed by atoms with van der Waals surface area (Å²) in [6.45, 7) is 11.0. The van der Waals surface area contributed by atoms with Gasteiger partial charge in [0.2, 0.25) is 0 Å². The molecule has 0 bridgehead atoms. The number of anilines is 1. The molecule has 0 aliphatic carbocycles. The molecular formula is C16H28N2. The van der Waals surface area contributed by atoms with Crippen LogP contribution in [0, 0.1) is 12.8 Å². The molecule has 1 aromatic rings. The van der Waals surface area contributed by atoms with Crippen molar-refractivity contribution < 1.29 is 0 Å². The lowest BCUT2D eigenvalue weighted by Crippen LogP contribution is -2.25. The van der Waals surface area contributed by atoms with Gasteiger partial charge < -0.3 is 10.6 Å². The standard InChI is InChI=1S/C16H28N2/c1-6-14(10-17-5)11-18-16-9-15(12(2)3)8-7-13(16)4/h7-9,12,14,17-18H,6,10-11H2,1-5H3. The third-order valence-corrected chi connectivity index (χ3v) is 3.58. The molecular weight excluding hydrogens is 220 g/mol. The third-order valence-electron chi connectivity index (χ3n) is 3.58. The van der Waals surface area contributed by atoms with E-state index in [0.29, 0.717) is 11.8 Å². The first-order valence-electron chi connectivity index (χ1n) is 7.07. The fraction of sp³-hybridized carbons (Fsp3) is 0.625. The lowest BCUT2D eigenvalue weighted by Gasteiger charge is -2.18. The quantitative estimate of drug-likeness (QED) is 0.767. The number of benzene rings is 1. The van der Waals surface area contributed by atoms with Gasteiger partial charge in [0.15, 0.2) is 0 Å². The maximum atomic E-state index is 3.60. The predicted molar refractivity (Wildman–Crippen MR) is 81.5 cm³/mol. The first-order chi connectivity index (χ1) is 8.58. The van der Waals surface area contributed by atoms with E-state index in [2.05, 4.69) is 56.5 Å². The van der Waals surface area contributed by atoms with Crippen LogP contribution in [0.1, 0.15) is 44.2 Å². The summed E-state index contributed by atoms with van der Waals surface area (Å²) in [5.41, 5.74) is 4.03. The van der Waals surface area contributed by atoms with Crippen LogP contribution >= 0.6 is 0 Å². The summed E-state index contributed by atoms with van der Waals surface area (Å²) in [4.78, 5) is 0. The number of hydrogen-bond acceptors (Lipinski definition) is 2. The summed E-state index contributed by atoms with van der Waals surface area (Å²) in [7, 11) is 2.02. The second kappa shape index (κ2) is 7.42. The molecule has 1 unspecified atom stereocenters. The average Bonchev–Trinajstić information content (AvgIpc) is 2.35. The van der Waals surface area contributed by atoms with Crippen molar-refractivity contribution in [3.05, 3.63) is 29.3 Å². The topological polar surface area (TPSA) is 24.1 Å². The molecule has 1 rings (SSSR count). The van der Waals surface area contributed by atoms with Gasteiger partial charge in [-0.15, -0.1) is 0 Å². The van der Waals surface area contributed by atoms with Gasteiger partial charge in [0, 0.05) is 12.2 Å². The highest BCUT2D eigenvalue weighted by molar-refractivity contribution is 5.53. The average molecular weight is 248 g/mol. The Morgan fingerprint density at radius 3 is 2.44 bits per heavy atom. The first kappa shape index (κ1) is 15.0. The first-order valence-corrected chi connectivity index (χ1v) is 7.07. The molecule has 0 aliphatic heterocycles. The molecule has 2 heteroatoms. The summed E-state index contributed by atoms with van der Waals surface area (Å²) < 4.78 is 0. The second-order valence-corrected chi connectivity index (χ2v) is 5.44. The summed E-state index contributed by atoms with van der Waals surface area (Å²) in [5.74, 6) is 1.28. The molecule has 0 spiro atoms. The van der Waals surface area contributed by atoms with Crippen LogP contribution < -0.4 is 10.6 Å². The molecule has 2 nitrogen and oxygen atoms in total. The number of nitrogens with one attached hydrogen (secondary N) is 2. The highest BCUT2D eigenvalue weighted by Gasteiger charge is 2.07. The Balaban J connectivity index is 2.68. The fourth-order valence-corrected chi connectivity index (χ4v) is 2.09. The summed E-state index contributed by atoms with van der Waals surface area (Å²) in [5, 5.41) is 6.86. The SMILES string of the molecule is CCC(CNC)CNc1cc(C(C)C)ccc1C. The van der Waals surface area contributed by atoms with Gasteiger partial charge in [0.05, 0.1) is 0 Å². The van der Waals surface area contributed by atoms with E-state index in [1.54, 1.807) is 0 Å². The normalized spacial score (nSPS) is 12.8. The molecule has 0 heterocycles. The van der Waals surface area contributed by atoms with Crippen molar-refractivity contribution in [2.24, 2.45) is 5.92 Å². The van der Waals surface area contributed by atoms with Gasteiger partial charge in [-0.1, -0.05) is 39.3 Å². The van der Waals surface area contributed by atoms with Crippen LogP contribution in [0.15, 0.2) is 18.2 Å². The molecule has 0 saturated carbocycles. The molecule has 0 amide bonds. The number of hydrogen-bond donors (Lipinski definition) is 2. The largest absolute Gasteiger partial charge is 0.384 e. The van der Waals surface area contributed by atoms with Crippen molar-refractivity contribution in [3.8, 4) is 0 Å². The van der Waals surface area contributed by atoms with Crippen LogP contribution in [0.4, 0.5) is 5.69 Å². The van der Waals surface area contributed by atoms with Gasteiger partial charge >= 0.3 is 0 Å². The van der Waals surface area contributed by atoms with Gasteiger partial charge in [0.1, 0.15) is 0 Å². The van der Waals surface area contributed by atoms with Crippen molar-refractivity contribution in [2.45, 2.75) is 40.0 Å². The Kier molecular flexibility index (Phi) is 6.20. The summed E-state index contributed by atoms with van der Waals surface area (Å²) >= 11 is 0. The van der Waals surface area contributed by atoms with Crippen LogP contribution in [0.5, 0.6) is 0 Å². The van der Waals surface area contributed by atoms with E-state index in [4.69, 9.17) is 0 Å². The molecule has 1 aromatic carbocycles. The van der Waals surface area contributed by atoms with Crippen molar-refractivity contribution in [1.82, 2.24) is 5.32 Å². The lowest BCUT2D eigenvalue weighted by molar-refractivity contribution is 0.506. The van der Waals surface area contributed by atoms with Crippen LogP contribution in [-0.2, 0) is 0 Å². The maximum Gasteiger partial charge on any atom is 0.0372 e. The van der Waals surface area contributed by atoms with E-state index >= 15 is 0 Å². The van der Waals surface area contributed by atoms with Crippen molar-refractivity contribution in [3.63, 3.8) is 0 Å². The number of rotatable bonds is 7. The van der Waals surface area contributed by atoms with Crippen molar-refractivity contribution in [1.29, 1.82) is 0 Å². The van der Waals surface area contributed by atoms with E-state index < -0.39 is 0 Å². The highest BCUT2D eigenvalue weighted by Crippen LogP contribution is 2.22. The van der Waals surface area contributed by atoms with Crippen LogP contribution in [0.2, 0.25) is 0 Å². The van der Waals surface area contributed by atoms with Crippen molar-refractivity contribution in [2.75, 3.05) is 25.5 Å². The Morgan fingerprint density at radius 1 is 1.17 bits per heavy atom. The van der Waals surface area contributed by atoms with E-state index in [1.807, 2.05) is 7.05 Å². The van der Waals surface area contributed by atoms with Gasteiger partial charge in [-0.25, -0.2) is 0 Å². The highest BCUT2D eigenvalue weighted by atomic mass is 14.9. The minimum absolute atomic E-state index is 0.588. The second-order valence-electron chi connectivity index (χ2n) is 5.44. The zero-order chi connectivity index (χ0) is 13.5. The molecule has 18 heavy (non-hydrogen) atoms. The Hall–Kier alpha value is -1.02. The molecule has 1 atom stereocenters. The maximum absolute atomic E-state index is 3.60. The Labute approximate surface area is 112 Å². The predicted octanol–water partition coefficient (Wildman–Crippen LogP) is 3.78. The van der Waals surface area contributed by atoms with Crippen LogP contribution in [0.3, 0.4) is 0 Å². The molecule has 0 fully saturated rings. The third kappa shape index (κ3) is 4.34. The Bertz CT molecular complexity index is 358. The van der Waals surface area contributed by atoms with Crippen molar-refractivity contribution >= 4 is 5.69 Å². The molecule has 0 radical (unpaired) electrons. The minimum atomic E-state index is 0.588. The molecule has 2 N–H and O–H groups in total. The van der Waals surface area contributed by atoms with E-state index in [1.165, 1.54) is 23.2 Å². The minimum Gasteiger partial charge on any atom is -0.384 e. The zero-order valence-corrected chi connectivity index (χ0v) is 12.5. The molecule has 0 aromatic heterocycles. The van der Waals surface area contributed by atoms with E-state index in [-0.39, 0.29) is 0 Å². The summed E-state index contributed by atoms with van der Waals surface area (Å²) in [6, 6.07) is 6.75. The van der Waals surface area contributed by atoms with Gasteiger partial charge in [-0.2, -0.15) is 0 Å². The van der Waals surface area contributed by atoms with Crippen LogP contribution in [-0.4, -0.2) is 20.1 Å². The smallest absolute Gasteiger partial charge is 0.0372 e. The number of aryl methyl sites for hydroxylation is 1. The molecule has 0 saturated heterocycles. The van der Waals surface area contributed by atoms with Gasteiger partial charge in [-0.3, -0.25) is 0 Å². The monoisotopic (exact) mass is 248 g/mol. The Morgan fingerprint density at radius 2 is 1.89 bits per heavy atom. The van der Waals surface area contributed by atoms with Gasteiger partial charge in [-0.05, 0) is 49.5 Å². The summed E-state index contributed by atoms with van der Waals surface area (Å²) in [6.07, 6.45) is 1.21. The lowest BCUT2D eigenvalue weighted by atomic mass is 10.00. The van der Waals surface area contributed by atoms with E-state index in [0.717, 1.165) is 13.1 Å². The van der Waals surface area contributed by atoms with Gasteiger partial charge in [0.25, 0.3) is 0 Å². The zero-order valence-electron chi connectivity index (χ0n) is 12.5.